The molecule has 4 nitrogen and oxygen atoms in total. The lowest BCUT2D eigenvalue weighted by atomic mass is 10.3. The second-order valence-electron chi connectivity index (χ2n) is 4.38. The molecule has 0 spiro atoms. The van der Waals surface area contributed by atoms with E-state index >= 15 is 0 Å². The van der Waals surface area contributed by atoms with Gasteiger partial charge in [0.2, 0.25) is 0 Å². The number of aromatic nitrogens is 3. The van der Waals surface area contributed by atoms with Crippen molar-refractivity contribution in [2.24, 2.45) is 0 Å². The van der Waals surface area contributed by atoms with E-state index in [1.165, 1.54) is 0 Å². The number of hydrogen-bond acceptors (Lipinski definition) is 2. The average molecular weight is 227 g/mol. The molecule has 17 heavy (non-hydrogen) atoms. The van der Waals surface area contributed by atoms with Crippen molar-refractivity contribution in [2.75, 3.05) is 0 Å². The zero-order valence-electron chi connectivity index (χ0n) is 9.79. The van der Waals surface area contributed by atoms with Gasteiger partial charge in [0.25, 0.3) is 5.56 Å². The maximum absolute atomic E-state index is 12.3. The molecule has 0 unspecified atom stereocenters. The van der Waals surface area contributed by atoms with Gasteiger partial charge in [0.1, 0.15) is 5.52 Å². The highest BCUT2D eigenvalue weighted by Gasteiger charge is 2.12. The van der Waals surface area contributed by atoms with E-state index in [-0.39, 0.29) is 11.6 Å². The summed E-state index contributed by atoms with van der Waals surface area (Å²) in [5.74, 6) is 0. The van der Waals surface area contributed by atoms with Gasteiger partial charge in [-0.05, 0) is 38.1 Å². The Morgan fingerprint density at radius 2 is 1.94 bits per heavy atom. The molecule has 0 atom stereocenters. The molecule has 0 aliphatic rings. The van der Waals surface area contributed by atoms with Crippen molar-refractivity contribution >= 4 is 16.7 Å². The van der Waals surface area contributed by atoms with E-state index in [2.05, 4.69) is 4.98 Å². The Morgan fingerprint density at radius 1 is 1.18 bits per heavy atom. The summed E-state index contributed by atoms with van der Waals surface area (Å²) in [5.41, 5.74) is 2.40. The molecule has 0 amide bonds. The maximum atomic E-state index is 12.3. The van der Waals surface area contributed by atoms with Crippen LogP contribution in [0.5, 0.6) is 0 Å². The Morgan fingerprint density at radius 3 is 2.71 bits per heavy atom. The molecule has 86 valence electrons. The fraction of sp³-hybridized carbons (Fsp3) is 0.231. The molecule has 0 saturated carbocycles. The lowest BCUT2D eigenvalue weighted by Crippen LogP contribution is -2.24. The summed E-state index contributed by atoms with van der Waals surface area (Å²) in [6, 6.07) is 7.69. The van der Waals surface area contributed by atoms with Crippen LogP contribution in [0.25, 0.3) is 16.7 Å². The van der Waals surface area contributed by atoms with E-state index in [9.17, 15) is 4.79 Å². The van der Waals surface area contributed by atoms with Gasteiger partial charge in [0, 0.05) is 18.4 Å². The number of fused-ring (bicyclic) bond motifs is 3. The summed E-state index contributed by atoms with van der Waals surface area (Å²) in [5, 5.41) is 0. The second-order valence-corrected chi connectivity index (χ2v) is 4.38. The summed E-state index contributed by atoms with van der Waals surface area (Å²) < 4.78 is 3.63. The average Bonchev–Trinajstić information content (AvgIpc) is 2.78. The molecule has 3 aromatic rings. The smallest absolute Gasteiger partial charge is 0.276 e. The van der Waals surface area contributed by atoms with Gasteiger partial charge in [-0.15, -0.1) is 0 Å². The zero-order chi connectivity index (χ0) is 12.0. The number of pyridine rings is 1. The molecule has 0 saturated heterocycles. The molecule has 0 radical (unpaired) electrons. The molecule has 3 rings (SSSR count). The largest absolute Gasteiger partial charge is 0.309 e. The summed E-state index contributed by atoms with van der Waals surface area (Å²) in [7, 11) is 0. The number of hydrogen-bond donors (Lipinski definition) is 0. The van der Waals surface area contributed by atoms with Crippen LogP contribution < -0.4 is 5.56 Å². The third-order valence-electron chi connectivity index (χ3n) is 2.96. The van der Waals surface area contributed by atoms with E-state index in [0.29, 0.717) is 5.52 Å². The highest BCUT2D eigenvalue weighted by Crippen LogP contribution is 2.15. The van der Waals surface area contributed by atoms with Crippen molar-refractivity contribution in [1.29, 1.82) is 0 Å². The Hall–Kier alpha value is -2.10. The first-order valence-corrected chi connectivity index (χ1v) is 5.66. The van der Waals surface area contributed by atoms with Gasteiger partial charge in [-0.2, -0.15) is 0 Å². The van der Waals surface area contributed by atoms with Crippen LogP contribution in [-0.4, -0.2) is 14.0 Å². The van der Waals surface area contributed by atoms with Crippen LogP contribution in [0.2, 0.25) is 0 Å². The molecule has 0 aliphatic heterocycles. The molecule has 0 aromatic carbocycles. The van der Waals surface area contributed by atoms with Crippen LogP contribution in [0.3, 0.4) is 0 Å². The first-order chi connectivity index (χ1) is 8.20. The number of rotatable bonds is 1. The molecular formula is C13H13N3O. The van der Waals surface area contributed by atoms with Crippen molar-refractivity contribution in [3.8, 4) is 0 Å². The third kappa shape index (κ3) is 1.30. The molecule has 0 bridgehead atoms. The van der Waals surface area contributed by atoms with Crippen molar-refractivity contribution in [3.05, 3.63) is 47.0 Å². The molecule has 3 aromatic heterocycles. The fourth-order valence-electron chi connectivity index (χ4n) is 2.23. The summed E-state index contributed by atoms with van der Waals surface area (Å²) in [6.07, 6.45) is 3.61. The fourth-order valence-corrected chi connectivity index (χ4v) is 2.23. The van der Waals surface area contributed by atoms with Crippen LogP contribution in [-0.2, 0) is 0 Å². The predicted molar refractivity (Wildman–Crippen MR) is 67.3 cm³/mol. The highest BCUT2D eigenvalue weighted by molar-refractivity contribution is 5.75. The summed E-state index contributed by atoms with van der Waals surface area (Å²) in [4.78, 5) is 16.7. The normalized spacial score (nSPS) is 11.7. The highest BCUT2D eigenvalue weighted by atomic mass is 16.1. The van der Waals surface area contributed by atoms with Gasteiger partial charge in [-0.1, -0.05) is 0 Å². The van der Waals surface area contributed by atoms with Crippen molar-refractivity contribution in [1.82, 2.24) is 14.0 Å². The van der Waals surface area contributed by atoms with Crippen LogP contribution in [0, 0.1) is 0 Å². The van der Waals surface area contributed by atoms with Crippen molar-refractivity contribution in [3.63, 3.8) is 0 Å². The van der Waals surface area contributed by atoms with E-state index < -0.39 is 0 Å². The van der Waals surface area contributed by atoms with Gasteiger partial charge in [0.15, 0.2) is 5.65 Å². The molecule has 0 N–H and O–H groups in total. The quantitative estimate of drug-likeness (QED) is 0.639. The van der Waals surface area contributed by atoms with Gasteiger partial charge >= 0.3 is 0 Å². The van der Waals surface area contributed by atoms with Gasteiger partial charge < -0.3 is 4.40 Å². The SMILES string of the molecule is CC(C)n1c(=O)c2cccn2c2cccnc21. The topological polar surface area (TPSA) is 39.3 Å². The lowest BCUT2D eigenvalue weighted by Gasteiger charge is -2.14. The molecule has 4 heteroatoms. The van der Waals surface area contributed by atoms with Crippen LogP contribution in [0.4, 0.5) is 0 Å². The minimum Gasteiger partial charge on any atom is -0.309 e. The molecular weight excluding hydrogens is 214 g/mol. The maximum Gasteiger partial charge on any atom is 0.276 e. The first-order valence-electron chi connectivity index (χ1n) is 5.66. The summed E-state index contributed by atoms with van der Waals surface area (Å²) in [6.45, 7) is 3.99. The van der Waals surface area contributed by atoms with Gasteiger partial charge in [0.05, 0.1) is 5.52 Å². The van der Waals surface area contributed by atoms with E-state index in [4.69, 9.17) is 0 Å². The molecule has 0 aliphatic carbocycles. The first kappa shape index (κ1) is 10.1. The third-order valence-corrected chi connectivity index (χ3v) is 2.96. The van der Waals surface area contributed by atoms with E-state index in [1.807, 2.05) is 48.7 Å². The molecule has 0 fully saturated rings. The van der Waals surface area contributed by atoms with E-state index in [0.717, 1.165) is 11.2 Å². The van der Waals surface area contributed by atoms with Gasteiger partial charge in [-0.3, -0.25) is 9.36 Å². The Balaban J connectivity index is 2.67. The minimum absolute atomic E-state index is 0.0104. The van der Waals surface area contributed by atoms with Crippen LogP contribution in [0.1, 0.15) is 19.9 Å². The number of nitrogens with zero attached hydrogens (tertiary/aromatic N) is 3. The minimum atomic E-state index is 0.0104. The zero-order valence-corrected chi connectivity index (χ0v) is 9.79. The Labute approximate surface area is 98.1 Å². The molecule has 3 heterocycles. The van der Waals surface area contributed by atoms with Crippen molar-refractivity contribution in [2.45, 2.75) is 19.9 Å². The lowest BCUT2D eigenvalue weighted by molar-refractivity contribution is 0.595. The van der Waals surface area contributed by atoms with E-state index in [1.54, 1.807) is 10.8 Å². The van der Waals surface area contributed by atoms with Crippen molar-refractivity contribution < 1.29 is 0 Å². The Bertz CT molecular complexity index is 752. The standard InChI is InChI=1S/C13H13N3O/c1-9(2)16-12-10(5-3-7-14-12)15-8-4-6-11(15)13(16)17/h3-9H,1-2H3. The van der Waals surface area contributed by atoms with Crippen LogP contribution in [0.15, 0.2) is 41.5 Å². The predicted octanol–water partition coefficient (Wildman–Crippen LogP) is 2.23. The Kier molecular flexibility index (Phi) is 2.04. The van der Waals surface area contributed by atoms with Crippen LogP contribution >= 0.6 is 0 Å². The summed E-state index contributed by atoms with van der Waals surface area (Å²) >= 11 is 0. The van der Waals surface area contributed by atoms with Gasteiger partial charge in [-0.25, -0.2) is 4.98 Å². The second kappa shape index (κ2) is 3.45. The monoisotopic (exact) mass is 227 g/mol.